The van der Waals surface area contributed by atoms with Crippen molar-refractivity contribution in [2.75, 3.05) is 14.2 Å². The summed E-state index contributed by atoms with van der Waals surface area (Å²) >= 11 is 0. The molecule has 4 aromatic rings. The minimum Gasteiger partial charge on any atom is -0.493 e. The molecule has 7 heteroatoms. The Morgan fingerprint density at radius 2 is 1.73 bits per heavy atom. The molecule has 5 rings (SSSR count). The van der Waals surface area contributed by atoms with Crippen molar-refractivity contribution < 1.29 is 28.2 Å². The van der Waals surface area contributed by atoms with Gasteiger partial charge in [0.25, 0.3) is 5.91 Å². The maximum atomic E-state index is 12.8. The van der Waals surface area contributed by atoms with Crippen LogP contribution in [0, 0.1) is 0 Å². The SMILES string of the molecule is COc1cc2cc3c(c(-c4ccc5occc5c4)c2cc1OC)C(=O)OC3C(N)=O. The average Bonchev–Trinajstić information content (AvgIpc) is 3.35. The van der Waals surface area contributed by atoms with E-state index in [0.717, 1.165) is 27.3 Å². The fourth-order valence-electron chi connectivity index (χ4n) is 4.04. The minimum atomic E-state index is -1.14. The molecule has 30 heavy (non-hydrogen) atoms. The summed E-state index contributed by atoms with van der Waals surface area (Å²) in [6, 6.07) is 12.8. The van der Waals surface area contributed by atoms with E-state index in [1.807, 2.05) is 30.3 Å². The number of nitrogens with two attached hydrogens (primary N) is 1. The Morgan fingerprint density at radius 3 is 2.47 bits per heavy atom. The second-order valence-electron chi connectivity index (χ2n) is 7.01. The molecule has 1 amide bonds. The lowest BCUT2D eigenvalue weighted by molar-refractivity contribution is -0.126. The van der Waals surface area contributed by atoms with Gasteiger partial charge in [-0.2, -0.15) is 0 Å². The molecular formula is C23H17NO6. The lowest BCUT2D eigenvalue weighted by atomic mass is 9.88. The van der Waals surface area contributed by atoms with Crippen LogP contribution in [-0.2, 0) is 9.53 Å². The second kappa shape index (κ2) is 6.52. The zero-order valence-corrected chi connectivity index (χ0v) is 16.2. The van der Waals surface area contributed by atoms with Crippen LogP contribution >= 0.6 is 0 Å². The van der Waals surface area contributed by atoms with Crippen LogP contribution in [0.2, 0.25) is 0 Å². The summed E-state index contributed by atoms with van der Waals surface area (Å²) in [6.45, 7) is 0. The van der Waals surface area contributed by atoms with Crippen molar-refractivity contribution in [3.8, 4) is 22.6 Å². The number of hydrogen-bond acceptors (Lipinski definition) is 6. The molecule has 0 fully saturated rings. The van der Waals surface area contributed by atoms with Crippen molar-refractivity contribution in [3.05, 3.63) is 59.9 Å². The molecular weight excluding hydrogens is 386 g/mol. The van der Waals surface area contributed by atoms with E-state index in [4.69, 9.17) is 24.4 Å². The standard InChI is InChI=1S/C23H17NO6/c1-27-17-9-13-8-15-20(23(26)30-21(15)22(24)25)19(14(13)10-18(17)28-2)12-3-4-16-11(7-12)5-6-29-16/h3-10,21H,1-2H3,(H2,24,25). The van der Waals surface area contributed by atoms with Crippen LogP contribution in [-0.4, -0.2) is 26.1 Å². The Balaban J connectivity index is 1.91. The molecule has 1 atom stereocenters. The fourth-order valence-corrected chi connectivity index (χ4v) is 4.04. The number of methoxy groups -OCH3 is 2. The first kappa shape index (κ1) is 18.1. The Kier molecular flexibility index (Phi) is 3.92. The van der Waals surface area contributed by atoms with E-state index < -0.39 is 18.0 Å². The van der Waals surface area contributed by atoms with Crippen molar-refractivity contribution >= 4 is 33.6 Å². The number of hydrogen-bond donors (Lipinski definition) is 1. The van der Waals surface area contributed by atoms with Crippen molar-refractivity contribution in [2.45, 2.75) is 6.10 Å². The highest BCUT2D eigenvalue weighted by atomic mass is 16.6. The van der Waals surface area contributed by atoms with E-state index >= 15 is 0 Å². The number of carbonyl (C=O) groups is 2. The van der Waals surface area contributed by atoms with Gasteiger partial charge in [-0.15, -0.1) is 0 Å². The third-order valence-corrected chi connectivity index (χ3v) is 5.39. The first-order chi connectivity index (χ1) is 14.5. The predicted molar refractivity (Wildman–Crippen MR) is 110 cm³/mol. The number of rotatable bonds is 4. The van der Waals surface area contributed by atoms with E-state index in [1.165, 1.54) is 0 Å². The number of cyclic esters (lactones) is 1. The summed E-state index contributed by atoms with van der Waals surface area (Å²) in [6.07, 6.45) is 0.467. The Bertz CT molecular complexity index is 1350. The maximum absolute atomic E-state index is 12.8. The zero-order chi connectivity index (χ0) is 21.0. The van der Waals surface area contributed by atoms with Crippen molar-refractivity contribution in [1.82, 2.24) is 0 Å². The normalized spacial score (nSPS) is 15.3. The van der Waals surface area contributed by atoms with E-state index in [-0.39, 0.29) is 0 Å². The lowest BCUT2D eigenvalue weighted by Crippen LogP contribution is -2.21. The molecule has 0 spiro atoms. The van der Waals surface area contributed by atoms with E-state index in [2.05, 4.69) is 0 Å². The number of furan rings is 1. The number of amides is 1. The topological polar surface area (TPSA) is 101 Å². The number of esters is 1. The van der Waals surface area contributed by atoms with Crippen LogP contribution < -0.4 is 15.2 Å². The number of benzene rings is 3. The number of ether oxygens (including phenoxy) is 3. The van der Waals surface area contributed by atoms with Gasteiger partial charge in [0.2, 0.25) is 6.10 Å². The first-order valence-corrected chi connectivity index (χ1v) is 9.22. The molecule has 0 saturated heterocycles. The minimum absolute atomic E-state index is 0.321. The molecule has 2 heterocycles. The van der Waals surface area contributed by atoms with Crippen molar-refractivity contribution in [1.29, 1.82) is 0 Å². The summed E-state index contributed by atoms with van der Waals surface area (Å²) in [7, 11) is 3.09. The van der Waals surface area contributed by atoms with Crippen LogP contribution in [0.15, 0.2) is 53.1 Å². The zero-order valence-electron chi connectivity index (χ0n) is 16.2. The molecule has 7 nitrogen and oxygen atoms in total. The largest absolute Gasteiger partial charge is 0.493 e. The molecule has 3 aromatic carbocycles. The Labute approximate surface area is 170 Å². The fraction of sp³-hybridized carbons (Fsp3) is 0.130. The van der Waals surface area contributed by atoms with E-state index in [9.17, 15) is 9.59 Å². The number of fused-ring (bicyclic) bond motifs is 3. The number of primary amides is 1. The van der Waals surface area contributed by atoms with Crippen LogP contribution in [0.25, 0.3) is 32.9 Å². The van der Waals surface area contributed by atoms with Gasteiger partial charge in [0.15, 0.2) is 11.5 Å². The highest BCUT2D eigenvalue weighted by Gasteiger charge is 2.38. The van der Waals surface area contributed by atoms with Gasteiger partial charge in [-0.25, -0.2) is 4.79 Å². The van der Waals surface area contributed by atoms with Gasteiger partial charge in [-0.1, -0.05) is 6.07 Å². The van der Waals surface area contributed by atoms with Crippen LogP contribution in [0.4, 0.5) is 0 Å². The third-order valence-electron chi connectivity index (χ3n) is 5.39. The number of carbonyl (C=O) groups excluding carboxylic acids is 2. The highest BCUT2D eigenvalue weighted by molar-refractivity contribution is 6.14. The van der Waals surface area contributed by atoms with Gasteiger partial charge in [0.05, 0.1) is 26.0 Å². The molecule has 1 aromatic heterocycles. The van der Waals surface area contributed by atoms with E-state index in [0.29, 0.717) is 28.2 Å². The van der Waals surface area contributed by atoms with Gasteiger partial charge < -0.3 is 24.4 Å². The highest BCUT2D eigenvalue weighted by Crippen LogP contribution is 2.45. The van der Waals surface area contributed by atoms with E-state index in [1.54, 1.807) is 32.6 Å². The van der Waals surface area contributed by atoms with Crippen LogP contribution in [0.3, 0.4) is 0 Å². The maximum Gasteiger partial charge on any atom is 0.340 e. The summed E-state index contributed by atoms with van der Waals surface area (Å²) in [5.41, 5.74) is 8.40. The lowest BCUT2D eigenvalue weighted by Gasteiger charge is -2.15. The monoisotopic (exact) mass is 403 g/mol. The molecule has 150 valence electrons. The summed E-state index contributed by atoms with van der Waals surface area (Å²) in [4.78, 5) is 24.8. The third kappa shape index (κ3) is 2.52. The quantitative estimate of drug-likeness (QED) is 0.518. The summed E-state index contributed by atoms with van der Waals surface area (Å²) < 4.78 is 21.6. The average molecular weight is 403 g/mol. The molecule has 0 bridgehead atoms. The smallest absolute Gasteiger partial charge is 0.340 e. The second-order valence-corrected chi connectivity index (χ2v) is 7.01. The molecule has 0 radical (unpaired) electrons. The summed E-state index contributed by atoms with van der Waals surface area (Å²) in [5, 5.41) is 2.41. The van der Waals surface area contributed by atoms with Crippen LogP contribution in [0.1, 0.15) is 22.0 Å². The molecule has 0 aliphatic carbocycles. The Morgan fingerprint density at radius 1 is 0.967 bits per heavy atom. The first-order valence-electron chi connectivity index (χ1n) is 9.22. The molecule has 1 aliphatic heterocycles. The molecule has 1 aliphatic rings. The van der Waals surface area contributed by atoms with Crippen molar-refractivity contribution in [2.24, 2.45) is 5.73 Å². The Hall–Kier alpha value is -4.00. The van der Waals surface area contributed by atoms with Gasteiger partial charge in [0.1, 0.15) is 5.58 Å². The van der Waals surface area contributed by atoms with Gasteiger partial charge in [-0.05, 0) is 52.7 Å². The van der Waals surface area contributed by atoms with Crippen molar-refractivity contribution in [3.63, 3.8) is 0 Å². The van der Waals surface area contributed by atoms with Gasteiger partial charge >= 0.3 is 5.97 Å². The van der Waals surface area contributed by atoms with Crippen LogP contribution in [0.5, 0.6) is 11.5 Å². The molecule has 0 saturated carbocycles. The van der Waals surface area contributed by atoms with Gasteiger partial charge in [0, 0.05) is 16.5 Å². The molecule has 2 N–H and O–H groups in total. The summed E-state index contributed by atoms with van der Waals surface area (Å²) in [5.74, 6) is -0.263. The van der Waals surface area contributed by atoms with Gasteiger partial charge in [-0.3, -0.25) is 4.79 Å². The molecule has 1 unspecified atom stereocenters. The predicted octanol–water partition coefficient (Wildman–Crippen LogP) is 3.97.